The maximum absolute atomic E-state index is 12.4. The van der Waals surface area contributed by atoms with Gasteiger partial charge in [0.05, 0.1) is 16.7 Å². The summed E-state index contributed by atoms with van der Waals surface area (Å²) in [5, 5.41) is 17.0. The van der Waals surface area contributed by atoms with E-state index in [2.05, 4.69) is 30.5 Å². The maximum Gasteiger partial charge on any atom is 0.240 e. The highest BCUT2D eigenvalue weighted by molar-refractivity contribution is 7.89. The molecule has 4 aromatic rings. The van der Waals surface area contributed by atoms with Crippen molar-refractivity contribution in [2.45, 2.75) is 24.8 Å². The molecule has 3 aromatic carbocycles. The quantitative estimate of drug-likeness (QED) is 0.182. The number of hydrogen-bond acceptors (Lipinski definition) is 8. The minimum Gasteiger partial charge on any atom is -0.392 e. The number of nitrogens with one attached hydrogen (secondary N) is 3. The van der Waals surface area contributed by atoms with Gasteiger partial charge in [-0.25, -0.2) is 18.1 Å². The van der Waals surface area contributed by atoms with E-state index in [-0.39, 0.29) is 11.4 Å². The van der Waals surface area contributed by atoms with Crippen molar-refractivity contribution in [2.24, 2.45) is 5.10 Å². The summed E-state index contributed by atoms with van der Waals surface area (Å²) in [5.41, 5.74) is 7.00. The van der Waals surface area contributed by atoms with Crippen LogP contribution in [0.5, 0.6) is 0 Å². The molecule has 0 radical (unpaired) electrons. The van der Waals surface area contributed by atoms with E-state index in [1.165, 1.54) is 19.1 Å². The van der Waals surface area contributed by atoms with Crippen molar-refractivity contribution in [2.75, 3.05) is 17.3 Å². The zero-order chi connectivity index (χ0) is 26.3. The minimum absolute atomic E-state index is 0.0573. The van der Waals surface area contributed by atoms with Crippen LogP contribution in [0, 0.1) is 0 Å². The normalized spacial score (nSPS) is 12.7. The number of hydrogen-bond donors (Lipinski definition) is 4. The first-order valence-corrected chi connectivity index (χ1v) is 13.1. The van der Waals surface area contributed by atoms with Crippen LogP contribution in [0.15, 0.2) is 101 Å². The van der Waals surface area contributed by atoms with Gasteiger partial charge in [0.2, 0.25) is 16.0 Å². The van der Waals surface area contributed by atoms with E-state index in [9.17, 15) is 13.5 Å². The Balaban J connectivity index is 1.57. The van der Waals surface area contributed by atoms with Gasteiger partial charge in [-0.1, -0.05) is 60.7 Å². The summed E-state index contributed by atoms with van der Waals surface area (Å²) in [6, 6.07) is 25.7. The number of aliphatic hydroxyl groups is 1. The van der Waals surface area contributed by atoms with Crippen LogP contribution in [0.25, 0.3) is 11.1 Å². The Bertz CT molecular complexity index is 1460. The fraction of sp³-hybridized carbons (Fsp3) is 0.148. The lowest BCUT2D eigenvalue weighted by Crippen LogP contribution is -2.30. The van der Waals surface area contributed by atoms with E-state index < -0.39 is 16.1 Å². The second-order valence-corrected chi connectivity index (χ2v) is 10.1. The molecule has 1 aromatic heterocycles. The third kappa shape index (κ3) is 6.98. The zero-order valence-electron chi connectivity index (χ0n) is 20.5. The molecule has 0 amide bonds. The molecule has 37 heavy (non-hydrogen) atoms. The van der Waals surface area contributed by atoms with Crippen LogP contribution in [-0.4, -0.2) is 41.9 Å². The lowest BCUT2D eigenvalue weighted by atomic mass is 10.1. The van der Waals surface area contributed by atoms with Crippen LogP contribution in [-0.2, 0) is 10.0 Å². The molecule has 0 aliphatic rings. The lowest BCUT2D eigenvalue weighted by molar-refractivity contribution is 0.198. The molecule has 0 aliphatic carbocycles. The van der Waals surface area contributed by atoms with Crippen molar-refractivity contribution in [1.29, 1.82) is 0 Å². The Morgan fingerprint density at radius 3 is 2.27 bits per heavy atom. The Labute approximate surface area is 216 Å². The molecule has 0 saturated heterocycles. The number of nitrogens with zero attached hydrogens (tertiary/aromatic N) is 3. The third-order valence-corrected chi connectivity index (χ3v) is 6.82. The smallest absolute Gasteiger partial charge is 0.240 e. The van der Waals surface area contributed by atoms with Gasteiger partial charge in [0.15, 0.2) is 5.82 Å². The van der Waals surface area contributed by atoms with E-state index in [4.69, 9.17) is 0 Å². The van der Waals surface area contributed by atoms with E-state index >= 15 is 0 Å². The molecule has 0 fully saturated rings. The van der Waals surface area contributed by atoms with Gasteiger partial charge in [-0.15, -0.1) is 0 Å². The fourth-order valence-electron chi connectivity index (χ4n) is 3.40. The van der Waals surface area contributed by atoms with Gasteiger partial charge in [0.1, 0.15) is 0 Å². The van der Waals surface area contributed by atoms with E-state index in [1.54, 1.807) is 18.3 Å². The molecular formula is C27H28N6O3S. The van der Waals surface area contributed by atoms with E-state index in [0.29, 0.717) is 17.5 Å². The van der Waals surface area contributed by atoms with Crippen molar-refractivity contribution in [1.82, 2.24) is 14.7 Å². The maximum atomic E-state index is 12.4. The highest BCUT2D eigenvalue weighted by Crippen LogP contribution is 2.27. The molecular weight excluding hydrogens is 488 g/mol. The Morgan fingerprint density at radius 2 is 1.62 bits per heavy atom. The first-order valence-electron chi connectivity index (χ1n) is 11.6. The van der Waals surface area contributed by atoms with Crippen LogP contribution >= 0.6 is 0 Å². The van der Waals surface area contributed by atoms with Crippen molar-refractivity contribution >= 4 is 33.2 Å². The number of para-hydroxylation sites is 1. The number of sulfonamides is 1. The molecule has 1 atom stereocenters. The molecule has 4 rings (SSSR count). The van der Waals surface area contributed by atoms with Gasteiger partial charge >= 0.3 is 0 Å². The summed E-state index contributed by atoms with van der Waals surface area (Å²) >= 11 is 0. The van der Waals surface area contributed by atoms with Crippen molar-refractivity contribution in [3.05, 3.63) is 96.7 Å². The summed E-state index contributed by atoms with van der Waals surface area (Å²) in [6.45, 7) is 3.27. The van der Waals surface area contributed by atoms with Crippen molar-refractivity contribution in [3.8, 4) is 11.1 Å². The number of hydrazone groups is 1. The predicted octanol–water partition coefficient (Wildman–Crippen LogP) is 4.38. The molecule has 0 bridgehead atoms. The Morgan fingerprint density at radius 1 is 0.973 bits per heavy atom. The molecule has 10 heteroatoms. The SMILES string of the molecule is CC(=NNc1nc(Nc2ccccc2)ncc1-c1ccccc1)c1ccc(S(=O)(=O)NCC(C)O)cc1. The van der Waals surface area contributed by atoms with Gasteiger partial charge in [0.25, 0.3) is 0 Å². The largest absolute Gasteiger partial charge is 0.392 e. The minimum atomic E-state index is -3.71. The topological polar surface area (TPSA) is 129 Å². The molecule has 1 unspecified atom stereocenters. The van der Waals surface area contributed by atoms with Gasteiger partial charge < -0.3 is 10.4 Å². The van der Waals surface area contributed by atoms with Crippen LogP contribution in [0.2, 0.25) is 0 Å². The average molecular weight is 517 g/mol. The van der Waals surface area contributed by atoms with Crippen LogP contribution in [0.4, 0.5) is 17.5 Å². The molecule has 1 heterocycles. The second kappa shape index (κ2) is 11.7. The predicted molar refractivity (Wildman–Crippen MR) is 146 cm³/mol. The number of aliphatic hydroxyl groups excluding tert-OH is 1. The van der Waals surface area contributed by atoms with Gasteiger partial charge in [-0.3, -0.25) is 5.43 Å². The Hall–Kier alpha value is -4.12. The molecule has 0 saturated carbocycles. The lowest BCUT2D eigenvalue weighted by Gasteiger charge is -2.12. The van der Waals surface area contributed by atoms with Crippen LogP contribution in [0.3, 0.4) is 0 Å². The van der Waals surface area contributed by atoms with Crippen molar-refractivity contribution < 1.29 is 13.5 Å². The molecule has 4 N–H and O–H groups in total. The monoisotopic (exact) mass is 516 g/mol. The first-order chi connectivity index (χ1) is 17.8. The van der Waals surface area contributed by atoms with Gasteiger partial charge in [0, 0.05) is 24.0 Å². The van der Waals surface area contributed by atoms with Gasteiger partial charge in [-0.2, -0.15) is 10.1 Å². The van der Waals surface area contributed by atoms with E-state index in [0.717, 1.165) is 22.4 Å². The average Bonchev–Trinajstić information content (AvgIpc) is 2.92. The molecule has 190 valence electrons. The summed E-state index contributed by atoms with van der Waals surface area (Å²) < 4.78 is 27.1. The molecule has 0 spiro atoms. The van der Waals surface area contributed by atoms with Gasteiger partial charge in [-0.05, 0) is 49.2 Å². The third-order valence-electron chi connectivity index (χ3n) is 5.38. The van der Waals surface area contributed by atoms with Crippen molar-refractivity contribution in [3.63, 3.8) is 0 Å². The standard InChI is InChI=1S/C27H28N6O3S/c1-19(34)17-29-37(35,36)24-15-13-21(14-16-24)20(2)32-33-26-25(22-9-5-3-6-10-22)18-28-27(31-26)30-23-11-7-4-8-12-23/h3-16,18-19,29,34H,17H2,1-2H3,(H2,28,30,31,33). The first kappa shape index (κ1) is 26.0. The summed E-state index contributed by atoms with van der Waals surface area (Å²) in [7, 11) is -3.71. The molecule has 9 nitrogen and oxygen atoms in total. The summed E-state index contributed by atoms with van der Waals surface area (Å²) in [4.78, 5) is 9.22. The second-order valence-electron chi connectivity index (χ2n) is 8.35. The number of aromatic nitrogens is 2. The highest BCUT2D eigenvalue weighted by Gasteiger charge is 2.15. The van der Waals surface area contributed by atoms with Crippen LogP contribution < -0.4 is 15.5 Å². The molecule has 0 aliphatic heterocycles. The highest BCUT2D eigenvalue weighted by atomic mass is 32.2. The summed E-state index contributed by atoms with van der Waals surface area (Å²) in [5.74, 6) is 0.931. The van der Waals surface area contributed by atoms with E-state index in [1.807, 2.05) is 67.6 Å². The zero-order valence-corrected chi connectivity index (χ0v) is 21.3. The number of benzene rings is 3. The van der Waals surface area contributed by atoms with Crippen LogP contribution in [0.1, 0.15) is 19.4 Å². The Kier molecular flexibility index (Phi) is 8.24. The number of anilines is 3. The fourth-order valence-corrected chi connectivity index (χ4v) is 4.52. The number of rotatable bonds is 10. The summed E-state index contributed by atoms with van der Waals surface area (Å²) in [6.07, 6.45) is 0.959.